The van der Waals surface area contributed by atoms with Crippen molar-refractivity contribution in [1.82, 2.24) is 9.97 Å². The molecule has 0 atom stereocenters. The van der Waals surface area contributed by atoms with Crippen molar-refractivity contribution in [1.29, 1.82) is 0 Å². The zero-order chi connectivity index (χ0) is 18.7. The van der Waals surface area contributed by atoms with Crippen molar-refractivity contribution in [2.24, 2.45) is 0 Å². The maximum Gasteiger partial charge on any atom is 0.274 e. The number of carbonyl (C=O) groups is 1. The Hall–Kier alpha value is -3.21. The largest absolute Gasteiger partial charge is 0.324 e. The fourth-order valence-corrected chi connectivity index (χ4v) is 2.58. The third-order valence-corrected chi connectivity index (χ3v) is 4.25. The number of aryl methyl sites for hydroxylation is 3. The van der Waals surface area contributed by atoms with Crippen LogP contribution in [0, 0.1) is 27.7 Å². The van der Waals surface area contributed by atoms with Gasteiger partial charge in [0.15, 0.2) is 0 Å². The number of benzene rings is 2. The normalized spacial score (nSPS) is 10.5. The van der Waals surface area contributed by atoms with Crippen molar-refractivity contribution < 1.29 is 4.79 Å². The molecule has 0 unspecified atom stereocenters. The van der Waals surface area contributed by atoms with Crippen molar-refractivity contribution in [2.75, 3.05) is 10.6 Å². The van der Waals surface area contributed by atoms with Crippen LogP contribution in [0.1, 0.15) is 32.9 Å². The number of aromatic nitrogens is 2. The van der Waals surface area contributed by atoms with E-state index in [4.69, 9.17) is 0 Å². The summed E-state index contributed by atoms with van der Waals surface area (Å²) in [4.78, 5) is 21.4. The van der Waals surface area contributed by atoms with Crippen LogP contribution in [0.25, 0.3) is 0 Å². The number of rotatable bonds is 4. The van der Waals surface area contributed by atoms with Crippen LogP contribution >= 0.6 is 0 Å². The van der Waals surface area contributed by atoms with E-state index >= 15 is 0 Å². The van der Waals surface area contributed by atoms with Gasteiger partial charge in [0.05, 0.1) is 0 Å². The van der Waals surface area contributed by atoms with Gasteiger partial charge in [0.25, 0.3) is 5.91 Å². The molecule has 0 saturated heterocycles. The van der Waals surface area contributed by atoms with Gasteiger partial charge in [-0.05, 0) is 63.1 Å². The van der Waals surface area contributed by atoms with Crippen LogP contribution in [0.2, 0.25) is 0 Å². The summed E-state index contributed by atoms with van der Waals surface area (Å²) in [7, 11) is 0. The molecule has 5 nitrogen and oxygen atoms in total. The van der Waals surface area contributed by atoms with Crippen LogP contribution in [0.4, 0.5) is 17.3 Å². The highest BCUT2D eigenvalue weighted by atomic mass is 16.1. The molecule has 26 heavy (non-hydrogen) atoms. The van der Waals surface area contributed by atoms with Gasteiger partial charge in [-0.3, -0.25) is 4.79 Å². The van der Waals surface area contributed by atoms with E-state index in [1.807, 2.05) is 70.2 Å². The summed E-state index contributed by atoms with van der Waals surface area (Å²) in [5, 5.41) is 6.09. The molecule has 0 aliphatic heterocycles. The SMILES string of the molecule is Cc1ccc(Nc2nc(C)cc(C(=O)Nc3cccc(C)c3C)n2)cc1. The lowest BCUT2D eigenvalue weighted by Gasteiger charge is -2.11. The number of anilines is 3. The molecular formula is C21H22N4O. The predicted octanol–water partition coefficient (Wildman–Crippen LogP) is 4.71. The second-order valence-corrected chi connectivity index (χ2v) is 6.41. The average molecular weight is 346 g/mol. The lowest BCUT2D eigenvalue weighted by atomic mass is 10.1. The molecule has 3 aromatic rings. The zero-order valence-corrected chi connectivity index (χ0v) is 15.4. The lowest BCUT2D eigenvalue weighted by Crippen LogP contribution is -2.16. The maximum absolute atomic E-state index is 12.6. The molecule has 5 heteroatoms. The van der Waals surface area contributed by atoms with Crippen LogP contribution < -0.4 is 10.6 Å². The molecule has 0 aliphatic carbocycles. The van der Waals surface area contributed by atoms with E-state index in [9.17, 15) is 4.79 Å². The molecule has 0 radical (unpaired) electrons. The summed E-state index contributed by atoms with van der Waals surface area (Å²) in [6, 6.07) is 15.4. The molecule has 0 aliphatic rings. The summed E-state index contributed by atoms with van der Waals surface area (Å²) in [6.45, 7) is 7.88. The summed E-state index contributed by atoms with van der Waals surface area (Å²) < 4.78 is 0. The Balaban J connectivity index is 1.83. The lowest BCUT2D eigenvalue weighted by molar-refractivity contribution is 0.102. The highest BCUT2D eigenvalue weighted by Gasteiger charge is 2.13. The average Bonchev–Trinajstić information content (AvgIpc) is 2.60. The van der Waals surface area contributed by atoms with Crippen molar-refractivity contribution in [3.05, 3.63) is 76.6 Å². The Morgan fingerprint density at radius 2 is 1.65 bits per heavy atom. The highest BCUT2D eigenvalue weighted by Crippen LogP contribution is 2.19. The van der Waals surface area contributed by atoms with E-state index in [2.05, 4.69) is 20.6 Å². The first-order valence-corrected chi connectivity index (χ1v) is 8.49. The molecule has 3 rings (SSSR count). The topological polar surface area (TPSA) is 66.9 Å². The Labute approximate surface area is 153 Å². The first kappa shape index (κ1) is 17.6. The molecule has 0 bridgehead atoms. The smallest absolute Gasteiger partial charge is 0.274 e. The highest BCUT2D eigenvalue weighted by molar-refractivity contribution is 6.03. The standard InChI is InChI=1S/C21H22N4O/c1-13-8-10-17(11-9-13)23-21-22-15(3)12-19(25-21)20(26)24-18-7-5-6-14(2)16(18)4/h5-12H,1-4H3,(H,24,26)(H,22,23,25). The minimum atomic E-state index is -0.254. The summed E-state index contributed by atoms with van der Waals surface area (Å²) >= 11 is 0. The van der Waals surface area contributed by atoms with Crippen molar-refractivity contribution in [2.45, 2.75) is 27.7 Å². The van der Waals surface area contributed by atoms with Crippen LogP contribution in [-0.2, 0) is 0 Å². The van der Waals surface area contributed by atoms with Crippen LogP contribution in [0.5, 0.6) is 0 Å². The monoisotopic (exact) mass is 346 g/mol. The summed E-state index contributed by atoms with van der Waals surface area (Å²) in [5.41, 5.74) is 6.07. The Bertz CT molecular complexity index is 949. The van der Waals surface area contributed by atoms with Gasteiger partial charge < -0.3 is 10.6 Å². The molecule has 2 N–H and O–H groups in total. The van der Waals surface area contributed by atoms with Gasteiger partial charge in [-0.15, -0.1) is 0 Å². The van der Waals surface area contributed by atoms with Gasteiger partial charge >= 0.3 is 0 Å². The second-order valence-electron chi connectivity index (χ2n) is 6.41. The van der Waals surface area contributed by atoms with Gasteiger partial charge in [0, 0.05) is 17.1 Å². The summed E-state index contributed by atoms with van der Waals surface area (Å²) in [6.07, 6.45) is 0. The second kappa shape index (κ2) is 7.35. The number of amides is 1. The molecule has 132 valence electrons. The third-order valence-electron chi connectivity index (χ3n) is 4.25. The van der Waals surface area contributed by atoms with Gasteiger partial charge in [-0.1, -0.05) is 29.8 Å². The zero-order valence-electron chi connectivity index (χ0n) is 15.4. The van der Waals surface area contributed by atoms with Crippen LogP contribution in [0.3, 0.4) is 0 Å². The van der Waals surface area contributed by atoms with E-state index in [1.54, 1.807) is 6.07 Å². The van der Waals surface area contributed by atoms with Gasteiger partial charge in [0.2, 0.25) is 5.95 Å². The minimum Gasteiger partial charge on any atom is -0.324 e. The number of nitrogens with zero attached hydrogens (tertiary/aromatic N) is 2. The fraction of sp³-hybridized carbons (Fsp3) is 0.190. The Morgan fingerprint density at radius 3 is 2.38 bits per heavy atom. The molecule has 0 fully saturated rings. The first-order valence-electron chi connectivity index (χ1n) is 8.49. The van der Waals surface area contributed by atoms with Crippen LogP contribution in [0.15, 0.2) is 48.5 Å². The molecular weight excluding hydrogens is 324 g/mol. The van der Waals surface area contributed by atoms with E-state index in [0.29, 0.717) is 11.6 Å². The van der Waals surface area contributed by atoms with Gasteiger partial charge in [-0.25, -0.2) is 9.97 Å². The number of hydrogen-bond acceptors (Lipinski definition) is 4. The van der Waals surface area contributed by atoms with E-state index in [1.165, 1.54) is 5.56 Å². The van der Waals surface area contributed by atoms with E-state index in [-0.39, 0.29) is 5.91 Å². The van der Waals surface area contributed by atoms with E-state index < -0.39 is 0 Å². The van der Waals surface area contributed by atoms with Gasteiger partial charge in [0.1, 0.15) is 5.69 Å². The maximum atomic E-state index is 12.6. The van der Waals surface area contributed by atoms with Gasteiger partial charge in [-0.2, -0.15) is 0 Å². The van der Waals surface area contributed by atoms with Crippen molar-refractivity contribution >= 4 is 23.2 Å². The molecule has 1 heterocycles. The van der Waals surface area contributed by atoms with Crippen LogP contribution in [-0.4, -0.2) is 15.9 Å². The Kier molecular flexibility index (Phi) is 4.98. The number of hydrogen-bond donors (Lipinski definition) is 2. The Morgan fingerprint density at radius 1 is 0.923 bits per heavy atom. The summed E-state index contributed by atoms with van der Waals surface area (Å²) in [5.74, 6) is 0.149. The molecule has 1 aromatic heterocycles. The fourth-order valence-electron chi connectivity index (χ4n) is 2.58. The minimum absolute atomic E-state index is 0.254. The molecule has 0 saturated carbocycles. The van der Waals surface area contributed by atoms with E-state index in [0.717, 1.165) is 28.2 Å². The number of nitrogens with one attached hydrogen (secondary N) is 2. The third kappa shape index (κ3) is 4.06. The number of carbonyl (C=O) groups excluding carboxylic acids is 1. The quantitative estimate of drug-likeness (QED) is 0.718. The predicted molar refractivity (Wildman–Crippen MR) is 105 cm³/mol. The molecule has 0 spiro atoms. The molecule has 2 aromatic carbocycles. The molecule has 1 amide bonds. The van der Waals surface area contributed by atoms with Crippen molar-refractivity contribution in [3.63, 3.8) is 0 Å². The van der Waals surface area contributed by atoms with Crippen molar-refractivity contribution in [3.8, 4) is 0 Å². The first-order chi connectivity index (χ1) is 12.4.